The summed E-state index contributed by atoms with van der Waals surface area (Å²) in [6.45, 7) is 0.681. The predicted octanol–water partition coefficient (Wildman–Crippen LogP) is 3.17. The molecule has 1 aliphatic rings. The average Bonchev–Trinajstić information content (AvgIpc) is 2.80. The lowest BCUT2D eigenvalue weighted by Crippen LogP contribution is -2.42. The number of anilines is 1. The van der Waals surface area contributed by atoms with Crippen molar-refractivity contribution in [2.75, 3.05) is 25.5 Å². The molecular formula is C15H20Cl2N2O2. The van der Waals surface area contributed by atoms with E-state index in [-0.39, 0.29) is 12.5 Å². The number of likely N-dealkylation sites (N-methyl/N-ethyl adjacent to an activating group) is 1. The first kappa shape index (κ1) is 16.6. The van der Waals surface area contributed by atoms with Crippen LogP contribution in [0.5, 0.6) is 0 Å². The summed E-state index contributed by atoms with van der Waals surface area (Å²) in [5.74, 6) is -0.200. The summed E-state index contributed by atoms with van der Waals surface area (Å²) in [5.41, 5.74) is -0.226. The summed E-state index contributed by atoms with van der Waals surface area (Å²) in [6.07, 6.45) is 3.70. The van der Waals surface area contributed by atoms with Crippen LogP contribution in [0.2, 0.25) is 10.0 Å². The third kappa shape index (κ3) is 4.58. The number of para-hydroxylation sites is 1. The van der Waals surface area contributed by atoms with Crippen LogP contribution >= 0.6 is 23.2 Å². The zero-order valence-corrected chi connectivity index (χ0v) is 13.5. The number of hydrogen-bond donors (Lipinski definition) is 2. The van der Waals surface area contributed by atoms with E-state index in [0.717, 1.165) is 25.7 Å². The van der Waals surface area contributed by atoms with Crippen LogP contribution in [0.15, 0.2) is 18.2 Å². The smallest absolute Gasteiger partial charge is 0.238 e. The van der Waals surface area contributed by atoms with Gasteiger partial charge in [-0.25, -0.2) is 0 Å². The molecule has 1 fully saturated rings. The van der Waals surface area contributed by atoms with Crippen LogP contribution < -0.4 is 5.32 Å². The Labute approximate surface area is 135 Å². The van der Waals surface area contributed by atoms with Crippen LogP contribution in [-0.2, 0) is 4.79 Å². The van der Waals surface area contributed by atoms with Crippen molar-refractivity contribution in [2.24, 2.45) is 0 Å². The number of carbonyl (C=O) groups excluding carboxylic acids is 1. The molecule has 0 spiro atoms. The molecule has 2 rings (SSSR count). The molecular weight excluding hydrogens is 311 g/mol. The zero-order chi connectivity index (χ0) is 15.5. The van der Waals surface area contributed by atoms with E-state index in [0.29, 0.717) is 22.3 Å². The van der Waals surface area contributed by atoms with Crippen molar-refractivity contribution in [2.45, 2.75) is 31.3 Å². The number of hydrogen-bond acceptors (Lipinski definition) is 3. The van der Waals surface area contributed by atoms with Crippen LogP contribution in [0.25, 0.3) is 0 Å². The maximum Gasteiger partial charge on any atom is 0.238 e. The lowest BCUT2D eigenvalue weighted by molar-refractivity contribution is -0.117. The number of carbonyl (C=O) groups is 1. The van der Waals surface area contributed by atoms with Gasteiger partial charge in [-0.3, -0.25) is 9.69 Å². The van der Waals surface area contributed by atoms with E-state index < -0.39 is 5.60 Å². The summed E-state index contributed by atoms with van der Waals surface area (Å²) in [7, 11) is 1.82. The summed E-state index contributed by atoms with van der Waals surface area (Å²) in [4.78, 5) is 13.9. The highest BCUT2D eigenvalue weighted by molar-refractivity contribution is 6.39. The minimum atomic E-state index is -0.656. The molecule has 1 aromatic carbocycles. The Kier molecular flexibility index (Phi) is 5.49. The lowest BCUT2D eigenvalue weighted by atomic mass is 10.0. The van der Waals surface area contributed by atoms with Gasteiger partial charge in [-0.2, -0.15) is 0 Å². The van der Waals surface area contributed by atoms with Gasteiger partial charge in [0.2, 0.25) is 5.91 Å². The largest absolute Gasteiger partial charge is 0.389 e. The second kappa shape index (κ2) is 6.97. The molecule has 116 valence electrons. The maximum absolute atomic E-state index is 12.1. The minimum Gasteiger partial charge on any atom is -0.389 e. The first-order chi connectivity index (χ1) is 9.89. The normalized spacial score (nSPS) is 17.2. The maximum atomic E-state index is 12.1. The molecule has 0 atom stereocenters. The first-order valence-electron chi connectivity index (χ1n) is 7.04. The van der Waals surface area contributed by atoms with Crippen LogP contribution in [-0.4, -0.2) is 41.7 Å². The molecule has 0 unspecified atom stereocenters. The highest BCUT2D eigenvalue weighted by atomic mass is 35.5. The highest BCUT2D eigenvalue weighted by Gasteiger charge is 2.32. The molecule has 4 nitrogen and oxygen atoms in total. The molecule has 0 radical (unpaired) electrons. The van der Waals surface area contributed by atoms with Gasteiger partial charge < -0.3 is 10.4 Å². The van der Waals surface area contributed by atoms with E-state index in [2.05, 4.69) is 5.32 Å². The minimum absolute atomic E-state index is 0.184. The molecule has 0 saturated heterocycles. The topological polar surface area (TPSA) is 52.6 Å². The van der Waals surface area contributed by atoms with Crippen LogP contribution in [0, 0.1) is 0 Å². The molecule has 0 aromatic heterocycles. The van der Waals surface area contributed by atoms with Gasteiger partial charge in [0.25, 0.3) is 0 Å². The summed E-state index contributed by atoms with van der Waals surface area (Å²) >= 11 is 12.0. The van der Waals surface area contributed by atoms with Crippen molar-refractivity contribution in [1.82, 2.24) is 4.90 Å². The van der Waals surface area contributed by atoms with Crippen LogP contribution in [0.1, 0.15) is 25.7 Å². The predicted molar refractivity (Wildman–Crippen MR) is 86.0 cm³/mol. The van der Waals surface area contributed by atoms with Gasteiger partial charge in [-0.05, 0) is 32.0 Å². The molecule has 6 heteroatoms. The summed E-state index contributed by atoms with van der Waals surface area (Å²) < 4.78 is 0. The average molecular weight is 331 g/mol. The van der Waals surface area contributed by atoms with Gasteiger partial charge in [0.05, 0.1) is 27.9 Å². The second-order valence-electron chi connectivity index (χ2n) is 5.75. The fourth-order valence-corrected chi connectivity index (χ4v) is 3.28. The fraction of sp³-hybridized carbons (Fsp3) is 0.533. The zero-order valence-electron chi connectivity index (χ0n) is 12.0. The van der Waals surface area contributed by atoms with E-state index >= 15 is 0 Å². The van der Waals surface area contributed by atoms with Crippen molar-refractivity contribution >= 4 is 34.8 Å². The lowest BCUT2D eigenvalue weighted by Gasteiger charge is -2.28. The SMILES string of the molecule is CN(CC(=O)Nc1c(Cl)cccc1Cl)CC1(O)CCCC1. The molecule has 0 aliphatic heterocycles. The van der Waals surface area contributed by atoms with E-state index in [1.54, 1.807) is 18.2 Å². The number of benzene rings is 1. The van der Waals surface area contributed by atoms with Gasteiger partial charge in [-0.1, -0.05) is 42.1 Å². The molecule has 1 aromatic rings. The van der Waals surface area contributed by atoms with Gasteiger partial charge in [0, 0.05) is 6.54 Å². The number of rotatable bonds is 5. The Hall–Kier alpha value is -0.810. The summed E-state index contributed by atoms with van der Waals surface area (Å²) in [5, 5.41) is 13.9. The van der Waals surface area contributed by atoms with E-state index in [1.165, 1.54) is 0 Å². The van der Waals surface area contributed by atoms with E-state index in [4.69, 9.17) is 23.2 Å². The molecule has 1 amide bonds. The van der Waals surface area contributed by atoms with Crippen LogP contribution in [0.4, 0.5) is 5.69 Å². The number of aliphatic hydroxyl groups is 1. The Morgan fingerprint density at radius 2 is 1.90 bits per heavy atom. The number of halogens is 2. The Morgan fingerprint density at radius 1 is 1.33 bits per heavy atom. The standard InChI is InChI=1S/C15H20Cl2N2O2/c1-19(10-15(21)7-2-3-8-15)9-13(20)18-14-11(16)5-4-6-12(14)17/h4-6,21H,2-3,7-10H2,1H3,(H,18,20). The third-order valence-corrected chi connectivity index (χ3v) is 4.37. The van der Waals surface area contributed by atoms with Crippen molar-refractivity contribution in [3.05, 3.63) is 28.2 Å². The molecule has 0 heterocycles. The van der Waals surface area contributed by atoms with Crippen molar-refractivity contribution < 1.29 is 9.90 Å². The third-order valence-electron chi connectivity index (χ3n) is 3.74. The van der Waals surface area contributed by atoms with Crippen LogP contribution in [0.3, 0.4) is 0 Å². The Morgan fingerprint density at radius 3 is 2.48 bits per heavy atom. The summed E-state index contributed by atoms with van der Waals surface area (Å²) in [6, 6.07) is 5.07. The number of amides is 1. The molecule has 21 heavy (non-hydrogen) atoms. The molecule has 1 saturated carbocycles. The fourth-order valence-electron chi connectivity index (χ4n) is 2.79. The van der Waals surface area contributed by atoms with Crippen molar-refractivity contribution in [3.8, 4) is 0 Å². The van der Waals surface area contributed by atoms with Crippen molar-refractivity contribution in [1.29, 1.82) is 0 Å². The van der Waals surface area contributed by atoms with Gasteiger partial charge in [-0.15, -0.1) is 0 Å². The Bertz CT molecular complexity index is 496. The monoisotopic (exact) mass is 330 g/mol. The second-order valence-corrected chi connectivity index (χ2v) is 6.56. The molecule has 1 aliphatic carbocycles. The first-order valence-corrected chi connectivity index (χ1v) is 7.80. The highest BCUT2D eigenvalue weighted by Crippen LogP contribution is 2.31. The van der Waals surface area contributed by atoms with Gasteiger partial charge in [0.1, 0.15) is 0 Å². The van der Waals surface area contributed by atoms with E-state index in [9.17, 15) is 9.90 Å². The quantitative estimate of drug-likeness (QED) is 0.871. The number of nitrogens with zero attached hydrogens (tertiary/aromatic N) is 1. The van der Waals surface area contributed by atoms with Crippen molar-refractivity contribution in [3.63, 3.8) is 0 Å². The molecule has 0 bridgehead atoms. The Balaban J connectivity index is 1.89. The van der Waals surface area contributed by atoms with E-state index in [1.807, 2.05) is 11.9 Å². The number of nitrogens with one attached hydrogen (secondary N) is 1. The molecule has 2 N–H and O–H groups in total. The van der Waals surface area contributed by atoms with Gasteiger partial charge >= 0.3 is 0 Å². The van der Waals surface area contributed by atoms with Gasteiger partial charge in [0.15, 0.2) is 0 Å².